The van der Waals surface area contributed by atoms with Crippen LogP contribution in [0.25, 0.3) is 10.9 Å². The first kappa shape index (κ1) is 13.1. The Labute approximate surface area is 121 Å². The third kappa shape index (κ3) is 2.81. The number of hydrogen-bond donors (Lipinski definition) is 1. The number of nitrogens with zero attached hydrogens (tertiary/aromatic N) is 1. The van der Waals surface area contributed by atoms with Gasteiger partial charge >= 0.3 is 0 Å². The van der Waals surface area contributed by atoms with Crippen LogP contribution in [0.5, 0.6) is 0 Å². The summed E-state index contributed by atoms with van der Waals surface area (Å²) < 4.78 is 1.83. The summed E-state index contributed by atoms with van der Waals surface area (Å²) in [5.41, 5.74) is 1.06. The van der Waals surface area contributed by atoms with Gasteiger partial charge in [-0.05, 0) is 29.0 Å². The van der Waals surface area contributed by atoms with Gasteiger partial charge in [0.2, 0.25) is 0 Å². The van der Waals surface area contributed by atoms with Crippen molar-refractivity contribution >= 4 is 22.2 Å². The largest absolute Gasteiger partial charge is 0.310 e. The zero-order valence-electron chi connectivity index (χ0n) is 11.1. The Kier molecular flexibility index (Phi) is 3.95. The fourth-order valence-electron chi connectivity index (χ4n) is 2.29. The zero-order chi connectivity index (χ0) is 13.8. The van der Waals surface area contributed by atoms with E-state index in [1.54, 1.807) is 17.4 Å². The van der Waals surface area contributed by atoms with Crippen molar-refractivity contribution in [3.05, 3.63) is 69.1 Å². The number of thiophene rings is 1. The topological polar surface area (TPSA) is 34.0 Å². The Morgan fingerprint density at radius 3 is 2.80 bits per heavy atom. The number of rotatable bonds is 5. The molecule has 0 spiro atoms. The smallest absolute Gasteiger partial charge is 0.251 e. The van der Waals surface area contributed by atoms with Crippen molar-refractivity contribution in [3.63, 3.8) is 0 Å². The lowest BCUT2D eigenvalue weighted by atomic mass is 10.2. The Morgan fingerprint density at radius 2 is 1.95 bits per heavy atom. The van der Waals surface area contributed by atoms with Crippen molar-refractivity contribution < 1.29 is 0 Å². The molecule has 0 bridgehead atoms. The average molecular weight is 284 g/mol. The average Bonchev–Trinajstić information content (AvgIpc) is 2.98. The molecule has 0 saturated heterocycles. The molecular formula is C16H16N2OS. The first-order valence-electron chi connectivity index (χ1n) is 6.66. The molecular weight excluding hydrogens is 268 g/mol. The number of para-hydroxylation sites is 1. The maximum Gasteiger partial charge on any atom is 0.251 e. The lowest BCUT2D eigenvalue weighted by Gasteiger charge is -2.10. The summed E-state index contributed by atoms with van der Waals surface area (Å²) in [5.74, 6) is 0. The Morgan fingerprint density at radius 1 is 1.05 bits per heavy atom. The molecule has 2 aromatic heterocycles. The number of hydrogen-bond acceptors (Lipinski definition) is 3. The number of benzene rings is 1. The van der Waals surface area contributed by atoms with Gasteiger partial charge in [-0.25, -0.2) is 0 Å². The molecule has 4 heteroatoms. The molecule has 0 saturated carbocycles. The molecule has 0 unspecified atom stereocenters. The standard InChI is InChI=1S/C16H16N2OS/c19-16-8-7-13-4-1-2-6-15(13)18(16)10-9-17-12-14-5-3-11-20-14/h1-8,11,17H,9-10,12H2. The van der Waals surface area contributed by atoms with E-state index in [9.17, 15) is 4.79 Å². The predicted molar refractivity (Wildman–Crippen MR) is 84.2 cm³/mol. The molecule has 3 aromatic rings. The fraction of sp³-hybridized carbons (Fsp3) is 0.188. The van der Waals surface area contributed by atoms with E-state index in [0.717, 1.165) is 24.0 Å². The van der Waals surface area contributed by atoms with Crippen LogP contribution in [0.15, 0.2) is 58.7 Å². The van der Waals surface area contributed by atoms with Crippen molar-refractivity contribution in [2.75, 3.05) is 6.54 Å². The molecule has 0 aliphatic heterocycles. The maximum atomic E-state index is 12.0. The third-order valence-corrected chi connectivity index (χ3v) is 4.17. The quantitative estimate of drug-likeness (QED) is 0.731. The van der Waals surface area contributed by atoms with Crippen LogP contribution in [-0.4, -0.2) is 11.1 Å². The van der Waals surface area contributed by atoms with Gasteiger partial charge in [-0.3, -0.25) is 4.79 Å². The third-order valence-electron chi connectivity index (χ3n) is 3.29. The summed E-state index contributed by atoms with van der Waals surface area (Å²) in [7, 11) is 0. The second-order valence-electron chi connectivity index (χ2n) is 4.64. The molecule has 1 N–H and O–H groups in total. The van der Waals surface area contributed by atoms with Gasteiger partial charge < -0.3 is 9.88 Å². The highest BCUT2D eigenvalue weighted by molar-refractivity contribution is 7.09. The predicted octanol–water partition coefficient (Wildman–Crippen LogP) is 2.85. The Bertz CT molecular complexity index is 747. The second-order valence-corrected chi connectivity index (χ2v) is 5.67. The second kappa shape index (κ2) is 6.03. The van der Waals surface area contributed by atoms with Gasteiger partial charge in [-0.1, -0.05) is 24.3 Å². The van der Waals surface area contributed by atoms with Crippen molar-refractivity contribution in [2.45, 2.75) is 13.1 Å². The molecule has 1 aromatic carbocycles. The minimum Gasteiger partial charge on any atom is -0.310 e. The van der Waals surface area contributed by atoms with Crippen molar-refractivity contribution in [2.24, 2.45) is 0 Å². The van der Waals surface area contributed by atoms with Gasteiger partial charge in [-0.2, -0.15) is 0 Å². The summed E-state index contributed by atoms with van der Waals surface area (Å²) in [6.07, 6.45) is 0. The van der Waals surface area contributed by atoms with Gasteiger partial charge in [0.15, 0.2) is 0 Å². The number of nitrogens with one attached hydrogen (secondary N) is 1. The van der Waals surface area contributed by atoms with E-state index in [4.69, 9.17) is 0 Å². The first-order valence-corrected chi connectivity index (χ1v) is 7.54. The lowest BCUT2D eigenvalue weighted by Crippen LogP contribution is -2.26. The number of fused-ring (bicyclic) bond motifs is 1. The van der Waals surface area contributed by atoms with E-state index < -0.39 is 0 Å². The summed E-state index contributed by atoms with van der Waals surface area (Å²) in [4.78, 5) is 13.3. The fourth-order valence-corrected chi connectivity index (χ4v) is 2.96. The van der Waals surface area contributed by atoms with Crippen LogP contribution in [-0.2, 0) is 13.1 Å². The molecule has 2 heterocycles. The summed E-state index contributed by atoms with van der Waals surface area (Å²) in [5, 5.41) is 6.56. The van der Waals surface area contributed by atoms with Gasteiger partial charge in [0.1, 0.15) is 0 Å². The van der Waals surface area contributed by atoms with Crippen LogP contribution in [0.1, 0.15) is 4.88 Å². The van der Waals surface area contributed by atoms with Crippen LogP contribution in [0, 0.1) is 0 Å². The molecule has 3 rings (SSSR count). The van der Waals surface area contributed by atoms with Crippen LogP contribution in [0.3, 0.4) is 0 Å². The maximum absolute atomic E-state index is 12.0. The van der Waals surface area contributed by atoms with Gasteiger partial charge in [0.05, 0.1) is 5.52 Å². The highest BCUT2D eigenvalue weighted by Crippen LogP contribution is 2.10. The zero-order valence-corrected chi connectivity index (χ0v) is 11.9. The SMILES string of the molecule is O=c1ccc2ccccc2n1CCNCc1cccs1. The van der Waals surface area contributed by atoms with Gasteiger partial charge in [-0.15, -0.1) is 11.3 Å². The minimum atomic E-state index is 0.0571. The van der Waals surface area contributed by atoms with Crippen molar-refractivity contribution in [1.82, 2.24) is 9.88 Å². The van der Waals surface area contributed by atoms with Gasteiger partial charge in [0, 0.05) is 30.6 Å². The molecule has 0 aliphatic carbocycles. The van der Waals surface area contributed by atoms with Gasteiger partial charge in [0.25, 0.3) is 5.56 Å². The summed E-state index contributed by atoms with van der Waals surface area (Å²) in [6, 6.07) is 15.7. The summed E-state index contributed by atoms with van der Waals surface area (Å²) in [6.45, 7) is 2.33. The monoisotopic (exact) mass is 284 g/mol. The van der Waals surface area contributed by atoms with Crippen molar-refractivity contribution in [3.8, 4) is 0 Å². The lowest BCUT2D eigenvalue weighted by molar-refractivity contribution is 0.601. The molecule has 0 fully saturated rings. The Balaban J connectivity index is 1.71. The van der Waals surface area contributed by atoms with Crippen LogP contribution >= 0.6 is 11.3 Å². The molecule has 0 amide bonds. The molecule has 0 atom stereocenters. The van der Waals surface area contributed by atoms with E-state index in [2.05, 4.69) is 22.8 Å². The molecule has 0 radical (unpaired) electrons. The van der Waals surface area contributed by atoms with Crippen LogP contribution in [0.4, 0.5) is 0 Å². The number of aromatic nitrogens is 1. The van der Waals surface area contributed by atoms with E-state index in [-0.39, 0.29) is 5.56 Å². The molecule has 102 valence electrons. The van der Waals surface area contributed by atoms with E-state index in [1.807, 2.05) is 34.9 Å². The molecule has 20 heavy (non-hydrogen) atoms. The minimum absolute atomic E-state index is 0.0571. The van der Waals surface area contributed by atoms with Crippen molar-refractivity contribution in [1.29, 1.82) is 0 Å². The molecule has 0 aliphatic rings. The van der Waals surface area contributed by atoms with E-state index >= 15 is 0 Å². The van der Waals surface area contributed by atoms with E-state index in [0.29, 0.717) is 6.54 Å². The Hall–Kier alpha value is -1.91. The van der Waals surface area contributed by atoms with Crippen LogP contribution < -0.4 is 10.9 Å². The number of pyridine rings is 1. The molecule has 3 nitrogen and oxygen atoms in total. The van der Waals surface area contributed by atoms with Crippen LogP contribution in [0.2, 0.25) is 0 Å². The highest BCUT2D eigenvalue weighted by atomic mass is 32.1. The van der Waals surface area contributed by atoms with E-state index in [1.165, 1.54) is 4.88 Å². The highest BCUT2D eigenvalue weighted by Gasteiger charge is 2.02. The normalized spacial score (nSPS) is 11.0. The summed E-state index contributed by atoms with van der Waals surface area (Å²) >= 11 is 1.74. The first-order chi connectivity index (χ1) is 9.84.